The molecule has 42 heavy (non-hydrogen) atoms. The van der Waals surface area contributed by atoms with Crippen molar-refractivity contribution in [3.05, 3.63) is 61.9 Å². The summed E-state index contributed by atoms with van der Waals surface area (Å²) in [6.45, 7) is 11.6. The lowest BCUT2D eigenvalue weighted by molar-refractivity contribution is -0.181. The summed E-state index contributed by atoms with van der Waals surface area (Å²) >= 11 is 4.67. The van der Waals surface area contributed by atoms with Crippen LogP contribution in [0, 0.1) is 22.1 Å². The molecule has 10 nitrogen and oxygen atoms in total. The minimum atomic E-state index is -1.79. The summed E-state index contributed by atoms with van der Waals surface area (Å²) in [5.41, 5.74) is -3.07. The van der Waals surface area contributed by atoms with Crippen molar-refractivity contribution in [3.8, 4) is 0 Å². The summed E-state index contributed by atoms with van der Waals surface area (Å²) in [5.74, 6) is -3.53. The van der Waals surface area contributed by atoms with E-state index in [4.69, 9.17) is 9.73 Å². The average molecular weight is 668 g/mol. The number of aliphatic imine (C=N–C) groups is 1. The van der Waals surface area contributed by atoms with E-state index in [1.165, 1.54) is 29.5 Å². The number of nitrogens with zero attached hydrogens (tertiary/aromatic N) is 2. The van der Waals surface area contributed by atoms with Crippen molar-refractivity contribution in [2.45, 2.75) is 60.5 Å². The highest BCUT2D eigenvalue weighted by atomic mass is 79.9. The van der Waals surface area contributed by atoms with Crippen LogP contribution in [0.1, 0.15) is 65.1 Å². The Labute approximate surface area is 256 Å². The molecule has 0 amide bonds. The summed E-state index contributed by atoms with van der Waals surface area (Å²) in [5, 5.41) is 29.4. The second kappa shape index (κ2) is 12.6. The van der Waals surface area contributed by atoms with Crippen molar-refractivity contribution in [2.24, 2.45) is 21.2 Å². The number of rotatable bonds is 10. The number of carboxylic acids is 2. The number of benzene rings is 1. The molecule has 2 atom stereocenters. The first-order valence-corrected chi connectivity index (χ1v) is 14.9. The topological polar surface area (TPSA) is 150 Å². The Morgan fingerprint density at radius 1 is 1.17 bits per heavy atom. The van der Waals surface area contributed by atoms with Gasteiger partial charge in [-0.05, 0) is 35.4 Å². The number of thiazole rings is 1. The van der Waals surface area contributed by atoms with Crippen molar-refractivity contribution >= 4 is 51.0 Å². The second-order valence-electron chi connectivity index (χ2n) is 11.9. The first-order valence-electron chi connectivity index (χ1n) is 13.3. The molecule has 4 N–H and O–H groups in total. The molecule has 2 heterocycles. The van der Waals surface area contributed by atoms with Crippen molar-refractivity contribution < 1.29 is 33.7 Å². The van der Waals surface area contributed by atoms with E-state index < -0.39 is 52.1 Å². The number of carboxylic acid groups (broad SMARTS) is 2. The number of aliphatic carboxylic acids is 2. The minimum absolute atomic E-state index is 0.0529. The van der Waals surface area contributed by atoms with Gasteiger partial charge in [0.2, 0.25) is 0 Å². The molecule has 0 saturated carbocycles. The fraction of sp³-hybridized carbons (Fsp3) is 0.483. The van der Waals surface area contributed by atoms with Crippen molar-refractivity contribution in [2.75, 3.05) is 13.2 Å². The van der Waals surface area contributed by atoms with Gasteiger partial charge < -0.3 is 20.3 Å². The van der Waals surface area contributed by atoms with E-state index in [0.29, 0.717) is 20.9 Å². The van der Waals surface area contributed by atoms with Crippen LogP contribution in [0.5, 0.6) is 0 Å². The third kappa shape index (κ3) is 6.28. The van der Waals surface area contributed by atoms with Crippen molar-refractivity contribution in [1.29, 1.82) is 0 Å². The second-order valence-corrected chi connectivity index (χ2v) is 13.6. The molecule has 1 aliphatic heterocycles. The number of carbonyl (C=O) groups is 3. The minimum Gasteiger partial charge on any atom is -0.481 e. The van der Waals surface area contributed by atoms with E-state index in [2.05, 4.69) is 31.5 Å². The number of ether oxygens (including phenoxy) is 1. The molecule has 0 radical (unpaired) electrons. The summed E-state index contributed by atoms with van der Waals surface area (Å²) in [7, 11) is 0. The van der Waals surface area contributed by atoms with Gasteiger partial charge in [0.1, 0.15) is 23.3 Å². The van der Waals surface area contributed by atoms with Gasteiger partial charge in [-0.2, -0.15) is 0 Å². The summed E-state index contributed by atoms with van der Waals surface area (Å²) in [4.78, 5) is 48.3. The molecule has 13 heteroatoms. The van der Waals surface area contributed by atoms with Crippen LogP contribution in [0.4, 0.5) is 4.39 Å². The quantitative estimate of drug-likeness (QED) is 0.252. The SMILES string of the molecule is CCOC(=O)C1=C(CN[C@H](C(=O)O)C(C(=O)O)(C(C)(C)C)C(C)(C)C)NC(c2nccs2)=NC1c1ccc(F)cc1Br. The van der Waals surface area contributed by atoms with Gasteiger partial charge in [0.05, 0.1) is 12.2 Å². The molecule has 1 aromatic heterocycles. The first-order chi connectivity index (χ1) is 19.5. The fourth-order valence-corrected chi connectivity index (χ4v) is 7.12. The standard InChI is InChI=1S/C29H36BrFN4O6S/c1-8-41-25(38)19-18(14-33-21(24(36)37)29(26(39)40,27(2,3)4)28(5,6)7)34-22(23-32-11-12-42-23)35-20(19)16-10-9-15(31)13-17(16)30/h9-13,20-21,33H,8,14H2,1-7H3,(H,34,35)(H,36,37)(H,39,40)/t20?,21-/m1/s1. The zero-order valence-corrected chi connectivity index (χ0v) is 26.9. The van der Waals surface area contributed by atoms with Gasteiger partial charge in [-0.1, -0.05) is 63.5 Å². The van der Waals surface area contributed by atoms with Crippen LogP contribution < -0.4 is 10.6 Å². The lowest BCUT2D eigenvalue weighted by Gasteiger charge is -2.53. The van der Waals surface area contributed by atoms with E-state index in [0.717, 1.165) is 0 Å². The van der Waals surface area contributed by atoms with Gasteiger partial charge >= 0.3 is 17.9 Å². The van der Waals surface area contributed by atoms with Crippen LogP contribution in [-0.2, 0) is 19.1 Å². The van der Waals surface area contributed by atoms with E-state index >= 15 is 0 Å². The highest BCUT2D eigenvalue weighted by Gasteiger charge is 2.63. The van der Waals surface area contributed by atoms with Crippen LogP contribution in [0.2, 0.25) is 0 Å². The van der Waals surface area contributed by atoms with Crippen LogP contribution >= 0.6 is 27.3 Å². The van der Waals surface area contributed by atoms with Crippen molar-refractivity contribution in [1.82, 2.24) is 15.6 Å². The molecule has 3 rings (SSSR count). The average Bonchev–Trinajstić information content (AvgIpc) is 3.39. The molecule has 0 saturated heterocycles. The molecule has 0 aliphatic carbocycles. The van der Waals surface area contributed by atoms with Crippen LogP contribution in [0.3, 0.4) is 0 Å². The number of esters is 1. The monoisotopic (exact) mass is 666 g/mol. The Bertz CT molecular complexity index is 1400. The number of hydrogen-bond donors (Lipinski definition) is 4. The Hall–Kier alpha value is -3.16. The lowest BCUT2D eigenvalue weighted by Crippen LogP contribution is -2.66. The van der Waals surface area contributed by atoms with Gasteiger partial charge in [-0.15, -0.1) is 11.3 Å². The predicted molar refractivity (Wildman–Crippen MR) is 161 cm³/mol. The largest absolute Gasteiger partial charge is 0.481 e. The van der Waals surface area contributed by atoms with Gasteiger partial charge in [-0.3, -0.25) is 19.9 Å². The number of hydrogen-bond acceptors (Lipinski definition) is 9. The third-order valence-electron chi connectivity index (χ3n) is 7.38. The fourth-order valence-electron chi connectivity index (χ4n) is 5.97. The highest BCUT2D eigenvalue weighted by molar-refractivity contribution is 9.10. The molecule has 2 aromatic rings. The molecule has 0 spiro atoms. The third-order valence-corrected chi connectivity index (χ3v) is 8.85. The maximum atomic E-state index is 14.0. The van der Waals surface area contributed by atoms with E-state index in [1.807, 2.05) is 0 Å². The Balaban J connectivity index is 2.23. The van der Waals surface area contributed by atoms with E-state index in [9.17, 15) is 29.0 Å². The molecule has 0 fully saturated rings. The van der Waals surface area contributed by atoms with Gasteiger partial charge in [0.15, 0.2) is 10.8 Å². The normalized spacial score (nSPS) is 16.9. The van der Waals surface area contributed by atoms with Crippen molar-refractivity contribution in [3.63, 3.8) is 0 Å². The van der Waals surface area contributed by atoms with Crippen LogP contribution in [-0.4, -0.2) is 58.1 Å². The molecule has 228 valence electrons. The Morgan fingerprint density at radius 2 is 1.81 bits per heavy atom. The molecule has 1 unspecified atom stereocenters. The maximum Gasteiger partial charge on any atom is 0.338 e. The number of carbonyl (C=O) groups excluding carboxylic acids is 1. The number of nitrogens with one attached hydrogen (secondary N) is 2. The van der Waals surface area contributed by atoms with Crippen LogP contribution in [0.25, 0.3) is 0 Å². The molecular formula is C29H36BrFN4O6S. The number of aromatic nitrogens is 1. The summed E-state index contributed by atoms with van der Waals surface area (Å²) in [6, 6.07) is 1.44. The number of halogens is 2. The lowest BCUT2D eigenvalue weighted by atomic mass is 9.50. The smallest absolute Gasteiger partial charge is 0.338 e. The van der Waals surface area contributed by atoms with Gasteiger partial charge in [0.25, 0.3) is 0 Å². The molecule has 0 bridgehead atoms. The maximum absolute atomic E-state index is 14.0. The van der Waals surface area contributed by atoms with Gasteiger partial charge in [0, 0.05) is 28.3 Å². The number of amidine groups is 1. The van der Waals surface area contributed by atoms with Crippen LogP contribution in [0.15, 0.2) is 50.5 Å². The molecular weight excluding hydrogens is 631 g/mol. The summed E-state index contributed by atoms with van der Waals surface area (Å²) < 4.78 is 19.8. The zero-order valence-electron chi connectivity index (χ0n) is 24.5. The summed E-state index contributed by atoms with van der Waals surface area (Å²) in [6.07, 6.45) is 1.59. The van der Waals surface area contributed by atoms with E-state index in [1.54, 1.807) is 60.0 Å². The Morgan fingerprint density at radius 3 is 2.29 bits per heavy atom. The molecule has 1 aromatic carbocycles. The molecule has 1 aliphatic rings. The first kappa shape index (κ1) is 33.3. The zero-order chi connectivity index (χ0) is 31.6. The van der Waals surface area contributed by atoms with E-state index in [-0.39, 0.29) is 24.4 Å². The Kier molecular flexibility index (Phi) is 10.0. The van der Waals surface area contributed by atoms with Gasteiger partial charge in [-0.25, -0.2) is 14.2 Å². The predicted octanol–water partition coefficient (Wildman–Crippen LogP) is 5.16. The highest BCUT2D eigenvalue weighted by Crippen LogP contribution is 2.54.